The van der Waals surface area contributed by atoms with Crippen molar-refractivity contribution in [1.82, 2.24) is 10.9 Å². The predicted molar refractivity (Wildman–Crippen MR) is 94.4 cm³/mol. The van der Waals surface area contributed by atoms with Gasteiger partial charge in [0.1, 0.15) is 0 Å². The Kier molecular flexibility index (Phi) is 5.83. The van der Waals surface area contributed by atoms with Gasteiger partial charge in [0.25, 0.3) is 0 Å². The normalized spacial score (nSPS) is 9.73. The van der Waals surface area contributed by atoms with Crippen molar-refractivity contribution in [1.29, 1.82) is 0 Å². The van der Waals surface area contributed by atoms with E-state index in [0.717, 1.165) is 5.69 Å². The van der Waals surface area contributed by atoms with Gasteiger partial charge in [-0.1, -0.05) is 41.4 Å². The molecule has 0 fully saturated rings. The fourth-order valence-electron chi connectivity index (χ4n) is 1.53. The van der Waals surface area contributed by atoms with Crippen LogP contribution in [-0.4, -0.2) is 11.1 Å². The van der Waals surface area contributed by atoms with Crippen molar-refractivity contribution in [3.8, 4) is 0 Å². The zero-order valence-corrected chi connectivity index (χ0v) is 13.5. The van der Waals surface area contributed by atoms with Crippen LogP contribution in [0.3, 0.4) is 0 Å². The highest BCUT2D eigenvalue weighted by molar-refractivity contribution is 7.80. The molecule has 0 radical (unpaired) electrons. The minimum absolute atomic E-state index is 0.260. The van der Waals surface area contributed by atoms with E-state index in [0.29, 0.717) is 15.7 Å². The summed E-state index contributed by atoms with van der Waals surface area (Å²) in [6.07, 6.45) is 0. The maximum atomic E-state index is 11.7. The third-order valence-electron chi connectivity index (χ3n) is 2.50. The van der Waals surface area contributed by atoms with Gasteiger partial charge < -0.3 is 10.6 Å². The maximum absolute atomic E-state index is 11.7. The van der Waals surface area contributed by atoms with Crippen LogP contribution >= 0.6 is 35.4 Å². The summed E-state index contributed by atoms with van der Waals surface area (Å²) in [5, 5.41) is 6.53. The van der Waals surface area contributed by atoms with Gasteiger partial charge in [-0.15, -0.1) is 0 Å². The number of benzene rings is 2. The molecule has 4 N–H and O–H groups in total. The van der Waals surface area contributed by atoms with Gasteiger partial charge in [-0.2, -0.15) is 0 Å². The molecule has 5 nitrogen and oxygen atoms in total. The highest BCUT2D eigenvalue weighted by Gasteiger charge is 2.04. The standard InChI is InChI=1S/C14H12Cl2N4OS/c15-11-7-6-10(8-12(11)16)17-13(21)19-20-14(22)18-9-4-2-1-3-5-9/h1-8H,(H2,17,19,21)(H2,18,20,22). The molecular formula is C14H12Cl2N4OS. The number of carbonyl (C=O) groups excluding carboxylic acids is 1. The molecule has 114 valence electrons. The molecule has 2 rings (SSSR count). The summed E-state index contributed by atoms with van der Waals surface area (Å²) in [4.78, 5) is 11.7. The number of hydrogen-bond acceptors (Lipinski definition) is 2. The minimum atomic E-state index is -0.490. The molecule has 0 aliphatic rings. The molecule has 0 aromatic heterocycles. The highest BCUT2D eigenvalue weighted by Crippen LogP contribution is 2.24. The van der Waals surface area contributed by atoms with Crippen molar-refractivity contribution >= 4 is 57.9 Å². The average molecular weight is 355 g/mol. The lowest BCUT2D eigenvalue weighted by molar-refractivity contribution is 0.250. The second-order valence-corrected chi connectivity index (χ2v) is 5.38. The SMILES string of the molecule is O=C(NNC(=S)Nc1ccccc1)Nc1ccc(Cl)c(Cl)c1. The van der Waals surface area contributed by atoms with E-state index in [2.05, 4.69) is 21.5 Å². The molecule has 22 heavy (non-hydrogen) atoms. The zero-order chi connectivity index (χ0) is 15.9. The average Bonchev–Trinajstić information content (AvgIpc) is 2.50. The summed E-state index contributed by atoms with van der Waals surface area (Å²) in [6.45, 7) is 0. The molecule has 0 atom stereocenters. The number of hydrazine groups is 1. The number of urea groups is 1. The Morgan fingerprint density at radius 2 is 1.59 bits per heavy atom. The Hall–Kier alpha value is -2.02. The van der Waals surface area contributed by atoms with E-state index >= 15 is 0 Å². The van der Waals surface area contributed by atoms with Gasteiger partial charge in [-0.25, -0.2) is 10.2 Å². The van der Waals surface area contributed by atoms with E-state index in [-0.39, 0.29) is 5.11 Å². The molecule has 2 aromatic rings. The fourth-order valence-corrected chi connectivity index (χ4v) is 2.00. The quantitative estimate of drug-likeness (QED) is 0.485. The zero-order valence-electron chi connectivity index (χ0n) is 11.2. The van der Waals surface area contributed by atoms with E-state index in [1.165, 1.54) is 0 Å². The van der Waals surface area contributed by atoms with Crippen LogP contribution in [-0.2, 0) is 0 Å². The van der Waals surface area contributed by atoms with Crippen LogP contribution < -0.4 is 21.5 Å². The first-order chi connectivity index (χ1) is 10.5. The first kappa shape index (κ1) is 16.4. The monoisotopic (exact) mass is 354 g/mol. The van der Waals surface area contributed by atoms with Gasteiger partial charge in [0.2, 0.25) is 0 Å². The van der Waals surface area contributed by atoms with Gasteiger partial charge in [0.15, 0.2) is 5.11 Å². The largest absolute Gasteiger partial charge is 0.337 e. The van der Waals surface area contributed by atoms with Gasteiger partial charge in [0, 0.05) is 11.4 Å². The minimum Gasteiger partial charge on any atom is -0.331 e. The molecule has 2 aromatic carbocycles. The molecule has 0 unspecified atom stereocenters. The topological polar surface area (TPSA) is 65.2 Å². The van der Waals surface area contributed by atoms with Crippen LogP contribution in [0, 0.1) is 0 Å². The van der Waals surface area contributed by atoms with Crippen LogP contribution in [0.15, 0.2) is 48.5 Å². The third-order valence-corrected chi connectivity index (χ3v) is 3.44. The number of halogens is 2. The van der Waals surface area contributed by atoms with Crippen LogP contribution in [0.1, 0.15) is 0 Å². The van der Waals surface area contributed by atoms with Crippen molar-refractivity contribution < 1.29 is 4.79 Å². The third kappa shape index (κ3) is 5.07. The van der Waals surface area contributed by atoms with Crippen molar-refractivity contribution in [2.45, 2.75) is 0 Å². The summed E-state index contributed by atoms with van der Waals surface area (Å²) in [6, 6.07) is 13.6. The van der Waals surface area contributed by atoms with Gasteiger partial charge in [-0.3, -0.25) is 5.43 Å². The van der Waals surface area contributed by atoms with E-state index < -0.39 is 6.03 Å². The van der Waals surface area contributed by atoms with Crippen molar-refractivity contribution in [2.24, 2.45) is 0 Å². The molecule has 0 aliphatic carbocycles. The number of amides is 2. The van der Waals surface area contributed by atoms with Gasteiger partial charge in [0.05, 0.1) is 10.0 Å². The van der Waals surface area contributed by atoms with E-state index in [4.69, 9.17) is 35.4 Å². The summed E-state index contributed by atoms with van der Waals surface area (Å²) in [7, 11) is 0. The van der Waals surface area contributed by atoms with Crippen LogP contribution in [0.25, 0.3) is 0 Å². The van der Waals surface area contributed by atoms with Gasteiger partial charge >= 0.3 is 6.03 Å². The molecule has 0 saturated carbocycles. The number of rotatable bonds is 2. The Bertz CT molecular complexity index is 682. The number of para-hydroxylation sites is 1. The lowest BCUT2D eigenvalue weighted by Crippen LogP contribution is -2.45. The van der Waals surface area contributed by atoms with Crippen molar-refractivity contribution in [3.05, 3.63) is 58.6 Å². The number of anilines is 2. The van der Waals surface area contributed by atoms with Crippen molar-refractivity contribution in [2.75, 3.05) is 10.6 Å². The number of thiocarbonyl (C=S) groups is 1. The Morgan fingerprint density at radius 1 is 0.864 bits per heavy atom. The van der Waals surface area contributed by atoms with Crippen molar-refractivity contribution in [3.63, 3.8) is 0 Å². The molecule has 0 aliphatic heterocycles. The summed E-state index contributed by atoms with van der Waals surface area (Å²) < 4.78 is 0. The summed E-state index contributed by atoms with van der Waals surface area (Å²) in [5.74, 6) is 0. The highest BCUT2D eigenvalue weighted by atomic mass is 35.5. The van der Waals surface area contributed by atoms with Crippen LogP contribution in [0.4, 0.5) is 16.2 Å². The second-order valence-electron chi connectivity index (χ2n) is 4.15. The molecule has 0 saturated heterocycles. The lowest BCUT2D eigenvalue weighted by Gasteiger charge is -2.12. The Labute approximate surface area is 143 Å². The van der Waals surface area contributed by atoms with Gasteiger partial charge in [-0.05, 0) is 42.5 Å². The van der Waals surface area contributed by atoms with Crippen LogP contribution in [0.5, 0.6) is 0 Å². The van der Waals surface area contributed by atoms with E-state index in [1.807, 2.05) is 30.3 Å². The van der Waals surface area contributed by atoms with Crippen LogP contribution in [0.2, 0.25) is 10.0 Å². The molecule has 0 heterocycles. The molecule has 0 spiro atoms. The molecular weight excluding hydrogens is 343 g/mol. The first-order valence-corrected chi connectivity index (χ1v) is 7.35. The maximum Gasteiger partial charge on any atom is 0.337 e. The summed E-state index contributed by atoms with van der Waals surface area (Å²) >= 11 is 16.7. The lowest BCUT2D eigenvalue weighted by atomic mass is 10.3. The Balaban J connectivity index is 1.80. The number of carbonyl (C=O) groups is 1. The molecule has 0 bridgehead atoms. The fraction of sp³-hybridized carbons (Fsp3) is 0. The van der Waals surface area contributed by atoms with E-state index in [1.54, 1.807) is 18.2 Å². The molecule has 2 amide bonds. The Morgan fingerprint density at radius 3 is 2.27 bits per heavy atom. The van der Waals surface area contributed by atoms with E-state index in [9.17, 15) is 4.79 Å². The smallest absolute Gasteiger partial charge is 0.331 e. The predicted octanol–water partition coefficient (Wildman–Crippen LogP) is 4.02. The summed E-state index contributed by atoms with van der Waals surface area (Å²) in [5.41, 5.74) is 6.30. The first-order valence-electron chi connectivity index (χ1n) is 6.18. The number of hydrogen-bond donors (Lipinski definition) is 4. The second kappa shape index (κ2) is 7.84. The number of nitrogens with one attached hydrogen (secondary N) is 4. The molecule has 8 heteroatoms.